The smallest absolute Gasteiger partial charge is 0.240 e. The highest BCUT2D eigenvalue weighted by molar-refractivity contribution is 7.89. The summed E-state index contributed by atoms with van der Waals surface area (Å²) in [7, 11) is 0.0549. The van der Waals surface area contributed by atoms with Gasteiger partial charge in [0.2, 0.25) is 10.0 Å². The molecule has 1 aromatic carbocycles. The molecule has 22 heavy (non-hydrogen) atoms. The average Bonchev–Trinajstić information content (AvgIpc) is 2.95. The zero-order valence-corrected chi connectivity index (χ0v) is 14.3. The van der Waals surface area contributed by atoms with E-state index < -0.39 is 15.8 Å². The first-order valence-electron chi connectivity index (χ1n) is 6.77. The quantitative estimate of drug-likeness (QED) is 0.878. The Bertz CT molecular complexity index is 728. The van der Waals surface area contributed by atoms with Crippen LogP contribution >= 0.6 is 11.3 Å². The third-order valence-corrected chi connectivity index (χ3v) is 5.81. The normalized spacial score (nSPS) is 13.5. The maximum Gasteiger partial charge on any atom is 0.240 e. The second-order valence-electron chi connectivity index (χ2n) is 5.26. The second kappa shape index (κ2) is 6.87. The van der Waals surface area contributed by atoms with Gasteiger partial charge in [0.1, 0.15) is 5.82 Å². The SMILES string of the molecule is Cc1ccc(S(=O)(=O)NCC(c2cccs2)N(C)C)cc1F. The third kappa shape index (κ3) is 3.92. The van der Waals surface area contributed by atoms with Gasteiger partial charge in [-0.15, -0.1) is 11.3 Å². The Kier molecular flexibility index (Phi) is 5.33. The van der Waals surface area contributed by atoms with Crippen molar-refractivity contribution in [2.75, 3.05) is 20.6 Å². The molecular weight excluding hydrogens is 323 g/mol. The minimum Gasteiger partial charge on any atom is -0.300 e. The molecule has 7 heteroatoms. The van der Waals surface area contributed by atoms with Crippen molar-refractivity contribution in [3.05, 3.63) is 52.0 Å². The van der Waals surface area contributed by atoms with Crippen molar-refractivity contribution in [1.29, 1.82) is 0 Å². The molecule has 1 heterocycles. The lowest BCUT2D eigenvalue weighted by Gasteiger charge is -2.23. The Morgan fingerprint density at radius 1 is 1.32 bits per heavy atom. The first-order chi connectivity index (χ1) is 10.3. The molecule has 1 unspecified atom stereocenters. The molecule has 0 radical (unpaired) electrons. The standard InChI is InChI=1S/C15H19FN2O2S2/c1-11-6-7-12(9-13(11)16)22(19,20)17-10-14(18(2)3)15-5-4-8-21-15/h4-9,14,17H,10H2,1-3H3. The van der Waals surface area contributed by atoms with E-state index in [1.807, 2.05) is 36.5 Å². The number of halogens is 1. The summed E-state index contributed by atoms with van der Waals surface area (Å²) in [5.41, 5.74) is 0.420. The summed E-state index contributed by atoms with van der Waals surface area (Å²) in [4.78, 5) is 2.96. The molecule has 0 saturated carbocycles. The summed E-state index contributed by atoms with van der Waals surface area (Å²) in [5.74, 6) is -0.523. The summed E-state index contributed by atoms with van der Waals surface area (Å²) < 4.78 is 40.7. The third-order valence-electron chi connectivity index (χ3n) is 3.42. The van der Waals surface area contributed by atoms with Gasteiger partial charge in [-0.1, -0.05) is 12.1 Å². The maximum atomic E-state index is 13.6. The van der Waals surface area contributed by atoms with E-state index in [0.29, 0.717) is 5.56 Å². The van der Waals surface area contributed by atoms with Crippen LogP contribution in [0.1, 0.15) is 16.5 Å². The largest absolute Gasteiger partial charge is 0.300 e. The van der Waals surface area contributed by atoms with Gasteiger partial charge in [-0.2, -0.15) is 0 Å². The van der Waals surface area contributed by atoms with Gasteiger partial charge in [-0.05, 0) is 50.2 Å². The van der Waals surface area contributed by atoms with Crippen LogP contribution in [0, 0.1) is 12.7 Å². The lowest BCUT2D eigenvalue weighted by molar-refractivity contribution is 0.303. The molecule has 2 aromatic rings. The average molecular weight is 342 g/mol. The molecule has 0 bridgehead atoms. The second-order valence-corrected chi connectivity index (χ2v) is 8.00. The Hall–Kier alpha value is -1.28. The molecule has 0 spiro atoms. The summed E-state index contributed by atoms with van der Waals surface area (Å²) in [6, 6.07) is 7.76. The number of rotatable bonds is 6. The minimum absolute atomic E-state index is 0.0562. The number of thiophene rings is 1. The monoisotopic (exact) mass is 342 g/mol. The number of benzene rings is 1. The van der Waals surface area contributed by atoms with Gasteiger partial charge in [0.05, 0.1) is 10.9 Å². The Morgan fingerprint density at radius 3 is 2.59 bits per heavy atom. The van der Waals surface area contributed by atoms with E-state index in [0.717, 1.165) is 10.9 Å². The maximum absolute atomic E-state index is 13.6. The van der Waals surface area contributed by atoms with Crippen LogP contribution in [0.4, 0.5) is 4.39 Å². The fourth-order valence-corrected chi connectivity index (χ4v) is 4.00. The van der Waals surface area contributed by atoms with Crippen LogP contribution in [0.25, 0.3) is 0 Å². The van der Waals surface area contributed by atoms with Crippen molar-refractivity contribution < 1.29 is 12.8 Å². The van der Waals surface area contributed by atoms with Crippen molar-refractivity contribution >= 4 is 21.4 Å². The van der Waals surface area contributed by atoms with Gasteiger partial charge < -0.3 is 4.90 Å². The van der Waals surface area contributed by atoms with Gasteiger partial charge in [0.15, 0.2) is 0 Å². The highest BCUT2D eigenvalue weighted by Gasteiger charge is 2.21. The van der Waals surface area contributed by atoms with Crippen molar-refractivity contribution in [1.82, 2.24) is 9.62 Å². The van der Waals surface area contributed by atoms with Crippen molar-refractivity contribution in [3.8, 4) is 0 Å². The fraction of sp³-hybridized carbons (Fsp3) is 0.333. The van der Waals surface area contributed by atoms with E-state index >= 15 is 0 Å². The molecule has 0 fully saturated rings. The van der Waals surface area contributed by atoms with Crippen LogP contribution in [0.15, 0.2) is 40.6 Å². The van der Waals surface area contributed by atoms with E-state index in [4.69, 9.17) is 0 Å². The van der Waals surface area contributed by atoms with E-state index in [1.165, 1.54) is 12.1 Å². The van der Waals surface area contributed by atoms with Crippen molar-refractivity contribution in [2.45, 2.75) is 17.9 Å². The number of nitrogens with zero attached hydrogens (tertiary/aromatic N) is 1. The minimum atomic E-state index is -3.73. The molecule has 120 valence electrons. The number of hydrogen-bond donors (Lipinski definition) is 1. The summed E-state index contributed by atoms with van der Waals surface area (Å²) >= 11 is 1.57. The van der Waals surface area contributed by atoms with E-state index in [1.54, 1.807) is 18.3 Å². The lowest BCUT2D eigenvalue weighted by Crippen LogP contribution is -2.34. The highest BCUT2D eigenvalue weighted by atomic mass is 32.2. The van der Waals surface area contributed by atoms with Gasteiger partial charge >= 0.3 is 0 Å². The van der Waals surface area contributed by atoms with Crippen LogP contribution in [-0.2, 0) is 10.0 Å². The number of aryl methyl sites for hydroxylation is 1. The highest BCUT2D eigenvalue weighted by Crippen LogP contribution is 2.23. The molecule has 0 aliphatic carbocycles. The predicted molar refractivity (Wildman–Crippen MR) is 87.1 cm³/mol. The number of sulfonamides is 1. The van der Waals surface area contributed by atoms with Crippen LogP contribution in [0.3, 0.4) is 0 Å². The van der Waals surface area contributed by atoms with Crippen molar-refractivity contribution in [3.63, 3.8) is 0 Å². The predicted octanol–water partition coefficient (Wildman–Crippen LogP) is 2.78. The lowest BCUT2D eigenvalue weighted by atomic mass is 10.2. The van der Waals surface area contributed by atoms with Crippen LogP contribution < -0.4 is 4.72 Å². The van der Waals surface area contributed by atoms with Gasteiger partial charge in [0, 0.05) is 11.4 Å². The summed E-state index contributed by atoms with van der Waals surface area (Å²) in [6.45, 7) is 1.82. The van der Waals surface area contributed by atoms with Crippen LogP contribution in [0.2, 0.25) is 0 Å². The molecule has 0 amide bonds. The van der Waals surface area contributed by atoms with Gasteiger partial charge in [-0.3, -0.25) is 0 Å². The first-order valence-corrected chi connectivity index (χ1v) is 9.13. The number of nitrogens with one attached hydrogen (secondary N) is 1. The molecule has 0 aliphatic heterocycles. The summed E-state index contributed by atoms with van der Waals surface area (Å²) in [6.07, 6.45) is 0. The van der Waals surface area contributed by atoms with Crippen LogP contribution in [0.5, 0.6) is 0 Å². The molecule has 0 aliphatic rings. The Morgan fingerprint density at radius 2 is 2.05 bits per heavy atom. The zero-order valence-electron chi connectivity index (χ0n) is 12.7. The van der Waals surface area contributed by atoms with Crippen molar-refractivity contribution in [2.24, 2.45) is 0 Å². The molecule has 4 nitrogen and oxygen atoms in total. The molecule has 0 saturated heterocycles. The molecule has 1 aromatic heterocycles. The zero-order chi connectivity index (χ0) is 16.3. The molecule has 1 atom stereocenters. The fourth-order valence-electron chi connectivity index (χ4n) is 2.03. The van der Waals surface area contributed by atoms with E-state index in [2.05, 4.69) is 4.72 Å². The molecule has 1 N–H and O–H groups in total. The van der Waals surface area contributed by atoms with E-state index in [-0.39, 0.29) is 17.5 Å². The van der Waals surface area contributed by atoms with Crippen LogP contribution in [-0.4, -0.2) is 34.0 Å². The van der Waals surface area contributed by atoms with E-state index in [9.17, 15) is 12.8 Å². The molecule has 2 rings (SSSR count). The van der Waals surface area contributed by atoms with Gasteiger partial charge in [0.25, 0.3) is 0 Å². The number of likely N-dealkylation sites (N-methyl/N-ethyl adjacent to an activating group) is 1. The number of hydrogen-bond acceptors (Lipinski definition) is 4. The van der Waals surface area contributed by atoms with Gasteiger partial charge in [-0.25, -0.2) is 17.5 Å². The Labute approximate surface area is 134 Å². The summed E-state index contributed by atoms with van der Waals surface area (Å²) in [5, 5.41) is 1.95. The first kappa shape index (κ1) is 17.1. The molecular formula is C15H19FN2O2S2. The Balaban J connectivity index is 2.16. The topological polar surface area (TPSA) is 49.4 Å².